The number of carbonyl (C=O) groups is 1. The van der Waals surface area contributed by atoms with Crippen molar-refractivity contribution in [1.82, 2.24) is 19.9 Å². The van der Waals surface area contributed by atoms with Gasteiger partial charge in [0.05, 0.1) is 6.61 Å². The van der Waals surface area contributed by atoms with Crippen molar-refractivity contribution in [2.75, 3.05) is 67.2 Å². The average Bonchev–Trinajstić information content (AvgIpc) is 3.28. The van der Waals surface area contributed by atoms with Crippen LogP contribution in [0, 0.1) is 12.3 Å². The van der Waals surface area contributed by atoms with E-state index in [0.717, 1.165) is 44.0 Å². The highest BCUT2D eigenvalue weighted by Crippen LogP contribution is 2.25. The van der Waals surface area contributed by atoms with Gasteiger partial charge in [-0.1, -0.05) is 26.8 Å². The fraction of sp³-hybridized carbons (Fsp3) is 0.600. The molecule has 1 saturated heterocycles. The molecule has 2 aromatic rings. The number of likely N-dealkylation sites (tertiary alicyclic amines) is 1. The Hall–Kier alpha value is -3.14. The second-order valence-electron chi connectivity index (χ2n) is 10.2. The van der Waals surface area contributed by atoms with Crippen molar-refractivity contribution in [3.63, 3.8) is 0 Å². The Kier molecular flexibility index (Phi) is 9.08. The molecule has 3 N–H and O–H groups in total. The van der Waals surface area contributed by atoms with E-state index in [-0.39, 0.29) is 5.41 Å². The lowest BCUT2D eigenvalue weighted by Crippen LogP contribution is -2.31. The van der Waals surface area contributed by atoms with Crippen molar-refractivity contribution in [2.45, 2.75) is 47.5 Å². The summed E-state index contributed by atoms with van der Waals surface area (Å²) in [6.45, 7) is 15.5. The minimum absolute atomic E-state index is 0.0853. The molecule has 1 amide bonds. The molecule has 0 atom stereocenters. The molecule has 0 unspecified atom stereocenters. The van der Waals surface area contributed by atoms with Crippen LogP contribution in [-0.2, 0) is 4.74 Å². The zero-order chi connectivity index (χ0) is 25.4. The molecule has 3 rings (SSSR count). The van der Waals surface area contributed by atoms with Gasteiger partial charge in [-0.15, -0.1) is 0 Å². The lowest BCUT2D eigenvalue weighted by atomic mass is 9.96. The summed E-state index contributed by atoms with van der Waals surface area (Å²) >= 11 is 0. The maximum absolute atomic E-state index is 11.8. The van der Waals surface area contributed by atoms with E-state index in [4.69, 9.17) is 4.74 Å². The molecule has 1 aliphatic rings. The van der Waals surface area contributed by atoms with Gasteiger partial charge in [0.1, 0.15) is 0 Å². The highest BCUT2D eigenvalue weighted by Gasteiger charge is 2.18. The Morgan fingerprint density at radius 2 is 1.86 bits per heavy atom. The molecule has 0 saturated carbocycles. The van der Waals surface area contributed by atoms with E-state index in [1.165, 1.54) is 12.8 Å². The number of nitrogens with one attached hydrogen (secondary N) is 3. The Bertz CT molecular complexity index is 986. The van der Waals surface area contributed by atoms with Crippen LogP contribution in [0.5, 0.6) is 0 Å². The van der Waals surface area contributed by atoms with E-state index >= 15 is 0 Å². The van der Waals surface area contributed by atoms with Crippen LogP contribution in [0.2, 0.25) is 0 Å². The number of benzene rings is 1. The molecule has 10 nitrogen and oxygen atoms in total. The number of anilines is 5. The molecule has 1 aliphatic heterocycles. The monoisotopic (exact) mass is 484 g/mol. The first-order valence-corrected chi connectivity index (χ1v) is 12.4. The van der Waals surface area contributed by atoms with Gasteiger partial charge in [-0.3, -0.25) is 5.32 Å². The van der Waals surface area contributed by atoms with Crippen molar-refractivity contribution in [1.29, 1.82) is 0 Å². The van der Waals surface area contributed by atoms with Crippen LogP contribution in [0.4, 0.5) is 34.0 Å². The van der Waals surface area contributed by atoms with Gasteiger partial charge in [0.2, 0.25) is 17.8 Å². The predicted octanol–water partition coefficient (Wildman–Crippen LogP) is 4.48. The minimum Gasteiger partial charge on any atom is -0.450 e. The van der Waals surface area contributed by atoms with Crippen LogP contribution >= 0.6 is 0 Å². The van der Waals surface area contributed by atoms with Crippen molar-refractivity contribution < 1.29 is 9.53 Å². The average molecular weight is 485 g/mol. The maximum atomic E-state index is 11.8. The van der Waals surface area contributed by atoms with Crippen LogP contribution in [-0.4, -0.2) is 72.3 Å². The number of rotatable bonds is 10. The third kappa shape index (κ3) is 8.54. The quantitative estimate of drug-likeness (QED) is 0.450. The number of amides is 1. The highest BCUT2D eigenvalue weighted by molar-refractivity contribution is 5.85. The fourth-order valence-electron chi connectivity index (χ4n) is 4.02. The molecular weight excluding hydrogens is 444 g/mol. The molecule has 0 radical (unpaired) electrons. The van der Waals surface area contributed by atoms with Gasteiger partial charge in [-0.2, -0.15) is 15.0 Å². The third-order valence-electron chi connectivity index (χ3n) is 5.59. The zero-order valence-electron chi connectivity index (χ0n) is 21.9. The fourth-order valence-corrected chi connectivity index (χ4v) is 4.02. The second-order valence-corrected chi connectivity index (χ2v) is 10.2. The molecule has 1 aromatic carbocycles. The lowest BCUT2D eigenvalue weighted by Gasteiger charge is -2.27. The van der Waals surface area contributed by atoms with Crippen molar-refractivity contribution >= 4 is 35.3 Å². The summed E-state index contributed by atoms with van der Waals surface area (Å²) in [4.78, 5) is 30.3. The maximum Gasteiger partial charge on any atom is 0.411 e. The van der Waals surface area contributed by atoms with Gasteiger partial charge in [-0.05, 0) is 62.9 Å². The second kappa shape index (κ2) is 12.0. The largest absolute Gasteiger partial charge is 0.450 e. The van der Waals surface area contributed by atoms with Crippen LogP contribution in [0.25, 0.3) is 0 Å². The number of hydrogen-bond acceptors (Lipinski definition) is 9. The van der Waals surface area contributed by atoms with E-state index in [1.807, 2.05) is 37.1 Å². The summed E-state index contributed by atoms with van der Waals surface area (Å²) < 4.78 is 4.99. The molecular formula is C25H40N8O2. The van der Waals surface area contributed by atoms with Gasteiger partial charge in [0.25, 0.3) is 0 Å². The SMILES string of the molecule is CCOC(=O)Nc1ccc(C)c(Nc2nc(NCCN3CCCC3)nc(N(C)CC(C)(C)C)n2)c1. The molecule has 1 aromatic heterocycles. The lowest BCUT2D eigenvalue weighted by molar-refractivity contribution is 0.168. The number of ether oxygens (including phenoxy) is 1. The predicted molar refractivity (Wildman–Crippen MR) is 142 cm³/mol. The van der Waals surface area contributed by atoms with E-state index in [9.17, 15) is 4.79 Å². The standard InChI is InChI=1S/C25H40N8O2/c1-7-35-24(34)27-19-11-10-18(2)20(16-19)28-22-29-21(26-12-15-33-13-8-9-14-33)30-23(31-22)32(6)17-25(3,4)5/h10-11,16H,7-9,12-15,17H2,1-6H3,(H,27,34)(H2,26,28,29,30,31). The van der Waals surface area contributed by atoms with Crippen LogP contribution < -0.4 is 20.9 Å². The van der Waals surface area contributed by atoms with Crippen LogP contribution in [0.15, 0.2) is 18.2 Å². The summed E-state index contributed by atoms with van der Waals surface area (Å²) in [5.74, 6) is 1.58. The van der Waals surface area contributed by atoms with Crippen molar-refractivity contribution in [2.24, 2.45) is 5.41 Å². The molecule has 2 heterocycles. The number of aryl methyl sites for hydroxylation is 1. The van der Waals surface area contributed by atoms with Gasteiger partial charge in [-0.25, -0.2) is 4.79 Å². The summed E-state index contributed by atoms with van der Waals surface area (Å²) in [7, 11) is 1.99. The summed E-state index contributed by atoms with van der Waals surface area (Å²) in [5, 5.41) is 9.43. The van der Waals surface area contributed by atoms with Crippen molar-refractivity contribution in [3.8, 4) is 0 Å². The first kappa shape index (κ1) is 26.5. The normalized spacial score (nSPS) is 14.0. The zero-order valence-corrected chi connectivity index (χ0v) is 21.9. The Balaban J connectivity index is 1.81. The summed E-state index contributed by atoms with van der Waals surface area (Å²) in [6, 6.07) is 5.60. The van der Waals surface area contributed by atoms with E-state index in [0.29, 0.717) is 30.1 Å². The van der Waals surface area contributed by atoms with E-state index in [1.54, 1.807) is 6.92 Å². The van der Waals surface area contributed by atoms with Crippen molar-refractivity contribution in [3.05, 3.63) is 23.8 Å². The number of hydrogen-bond donors (Lipinski definition) is 3. The molecule has 0 spiro atoms. The topological polar surface area (TPSA) is 108 Å². The van der Waals surface area contributed by atoms with Gasteiger partial charge < -0.3 is 25.2 Å². The Labute approximate surface area is 208 Å². The number of nitrogens with zero attached hydrogens (tertiary/aromatic N) is 5. The summed E-state index contributed by atoms with van der Waals surface area (Å²) in [6.07, 6.45) is 2.05. The van der Waals surface area contributed by atoms with Gasteiger partial charge in [0, 0.05) is 38.1 Å². The minimum atomic E-state index is -0.488. The Morgan fingerprint density at radius 1 is 1.14 bits per heavy atom. The van der Waals surface area contributed by atoms with Crippen LogP contribution in [0.3, 0.4) is 0 Å². The number of aromatic nitrogens is 3. The molecule has 35 heavy (non-hydrogen) atoms. The molecule has 1 fully saturated rings. The Morgan fingerprint density at radius 3 is 2.54 bits per heavy atom. The van der Waals surface area contributed by atoms with Crippen LogP contribution in [0.1, 0.15) is 46.1 Å². The highest BCUT2D eigenvalue weighted by atomic mass is 16.5. The molecule has 0 aliphatic carbocycles. The van der Waals surface area contributed by atoms with E-state index in [2.05, 4.69) is 56.6 Å². The smallest absolute Gasteiger partial charge is 0.411 e. The molecule has 0 bridgehead atoms. The number of carbonyl (C=O) groups excluding carboxylic acids is 1. The first-order valence-electron chi connectivity index (χ1n) is 12.4. The first-order chi connectivity index (χ1) is 16.6. The third-order valence-corrected chi connectivity index (χ3v) is 5.59. The van der Waals surface area contributed by atoms with Gasteiger partial charge >= 0.3 is 6.09 Å². The van der Waals surface area contributed by atoms with Gasteiger partial charge in [0.15, 0.2) is 0 Å². The molecule has 192 valence electrons. The summed E-state index contributed by atoms with van der Waals surface area (Å²) in [5.41, 5.74) is 2.49. The van der Waals surface area contributed by atoms with E-state index < -0.39 is 6.09 Å². The molecule has 10 heteroatoms.